The first-order valence-electron chi connectivity index (χ1n) is 5.27. The van der Waals surface area contributed by atoms with Gasteiger partial charge in [-0.2, -0.15) is 0 Å². The molecule has 84 valence electrons. The second-order valence-corrected chi connectivity index (χ2v) is 3.48. The maximum atomic E-state index is 9.78. The highest BCUT2D eigenvalue weighted by atomic mass is 16.5. The van der Waals surface area contributed by atoms with E-state index < -0.39 is 6.10 Å². The molecule has 3 heteroatoms. The molecule has 3 nitrogen and oxygen atoms in total. The SMILES string of the molecule is COCCCNCC(O)c1ccccc1. The van der Waals surface area contributed by atoms with Crippen LogP contribution in [0.5, 0.6) is 0 Å². The van der Waals surface area contributed by atoms with Gasteiger partial charge in [-0.25, -0.2) is 0 Å². The van der Waals surface area contributed by atoms with E-state index in [1.807, 2.05) is 30.3 Å². The van der Waals surface area contributed by atoms with E-state index in [1.54, 1.807) is 7.11 Å². The first-order valence-corrected chi connectivity index (χ1v) is 5.27. The minimum Gasteiger partial charge on any atom is -0.387 e. The van der Waals surface area contributed by atoms with Crippen LogP contribution in [0, 0.1) is 0 Å². The van der Waals surface area contributed by atoms with Gasteiger partial charge >= 0.3 is 0 Å². The summed E-state index contributed by atoms with van der Waals surface area (Å²) in [6, 6.07) is 9.68. The molecule has 0 aliphatic heterocycles. The van der Waals surface area contributed by atoms with E-state index >= 15 is 0 Å². The Morgan fingerprint density at radius 3 is 2.73 bits per heavy atom. The molecule has 1 atom stereocenters. The Bertz CT molecular complexity index is 251. The van der Waals surface area contributed by atoms with Crippen LogP contribution in [-0.4, -0.2) is 31.9 Å². The van der Waals surface area contributed by atoms with Crippen molar-refractivity contribution in [2.75, 3.05) is 26.8 Å². The van der Waals surface area contributed by atoms with E-state index in [9.17, 15) is 5.11 Å². The van der Waals surface area contributed by atoms with Gasteiger partial charge in [0.15, 0.2) is 0 Å². The summed E-state index contributed by atoms with van der Waals surface area (Å²) in [6.45, 7) is 2.22. The van der Waals surface area contributed by atoms with Crippen LogP contribution < -0.4 is 5.32 Å². The molecule has 0 aromatic heterocycles. The molecule has 0 aliphatic carbocycles. The van der Waals surface area contributed by atoms with E-state index in [0.29, 0.717) is 6.54 Å². The van der Waals surface area contributed by atoms with E-state index in [1.165, 1.54) is 0 Å². The fourth-order valence-corrected chi connectivity index (χ4v) is 1.37. The van der Waals surface area contributed by atoms with Gasteiger partial charge in [-0.05, 0) is 18.5 Å². The predicted octanol–water partition coefficient (Wildman–Crippen LogP) is 1.35. The Hall–Kier alpha value is -0.900. The van der Waals surface area contributed by atoms with Gasteiger partial charge in [0.25, 0.3) is 0 Å². The van der Waals surface area contributed by atoms with Crippen molar-refractivity contribution in [2.45, 2.75) is 12.5 Å². The molecule has 1 aromatic carbocycles. The lowest BCUT2D eigenvalue weighted by Gasteiger charge is -2.11. The summed E-state index contributed by atoms with van der Waals surface area (Å²) in [4.78, 5) is 0. The highest BCUT2D eigenvalue weighted by Gasteiger charge is 2.04. The molecule has 0 saturated heterocycles. The van der Waals surface area contributed by atoms with Gasteiger partial charge in [0.1, 0.15) is 0 Å². The summed E-state index contributed by atoms with van der Waals surface area (Å²) in [6.07, 6.45) is 0.548. The standard InChI is InChI=1S/C12H19NO2/c1-15-9-5-8-13-10-12(14)11-6-3-2-4-7-11/h2-4,6-7,12-14H,5,8-10H2,1H3. The van der Waals surface area contributed by atoms with Crippen molar-refractivity contribution in [1.82, 2.24) is 5.32 Å². The number of rotatable bonds is 7. The number of benzene rings is 1. The zero-order valence-corrected chi connectivity index (χ0v) is 9.15. The van der Waals surface area contributed by atoms with Crippen LogP contribution in [0.3, 0.4) is 0 Å². The molecule has 1 rings (SSSR count). The van der Waals surface area contributed by atoms with E-state index in [2.05, 4.69) is 5.32 Å². The normalized spacial score (nSPS) is 12.7. The molecule has 0 fully saturated rings. The number of aliphatic hydroxyl groups excluding tert-OH is 1. The van der Waals surface area contributed by atoms with Crippen LogP contribution in [0.25, 0.3) is 0 Å². The van der Waals surface area contributed by atoms with Gasteiger partial charge in [0, 0.05) is 20.3 Å². The largest absolute Gasteiger partial charge is 0.387 e. The van der Waals surface area contributed by atoms with Gasteiger partial charge < -0.3 is 15.2 Å². The maximum absolute atomic E-state index is 9.78. The third-order valence-corrected chi connectivity index (χ3v) is 2.22. The molecule has 0 saturated carbocycles. The highest BCUT2D eigenvalue weighted by molar-refractivity contribution is 5.17. The zero-order valence-electron chi connectivity index (χ0n) is 9.15. The molecule has 1 unspecified atom stereocenters. The highest BCUT2D eigenvalue weighted by Crippen LogP contribution is 2.10. The molecule has 2 N–H and O–H groups in total. The Labute approximate surface area is 91.1 Å². The second kappa shape index (κ2) is 7.40. The van der Waals surface area contributed by atoms with Gasteiger partial charge in [-0.1, -0.05) is 30.3 Å². The van der Waals surface area contributed by atoms with E-state index in [-0.39, 0.29) is 0 Å². The Morgan fingerprint density at radius 1 is 1.33 bits per heavy atom. The zero-order chi connectivity index (χ0) is 10.9. The van der Waals surface area contributed by atoms with Crippen LogP contribution in [0.4, 0.5) is 0 Å². The van der Waals surface area contributed by atoms with Crippen LogP contribution in [0.2, 0.25) is 0 Å². The molecular weight excluding hydrogens is 190 g/mol. The smallest absolute Gasteiger partial charge is 0.0914 e. The molecule has 0 bridgehead atoms. The minimum atomic E-state index is -0.422. The average molecular weight is 209 g/mol. The summed E-state index contributed by atoms with van der Waals surface area (Å²) in [5.74, 6) is 0. The van der Waals surface area contributed by atoms with Gasteiger partial charge in [-0.15, -0.1) is 0 Å². The van der Waals surface area contributed by atoms with Crippen molar-refractivity contribution in [3.8, 4) is 0 Å². The molecule has 15 heavy (non-hydrogen) atoms. The summed E-state index contributed by atoms with van der Waals surface area (Å²) < 4.78 is 4.93. The molecule has 0 amide bonds. The predicted molar refractivity (Wildman–Crippen MR) is 60.8 cm³/mol. The summed E-state index contributed by atoms with van der Waals surface area (Å²) in [5.41, 5.74) is 0.955. The lowest BCUT2D eigenvalue weighted by Crippen LogP contribution is -2.23. The van der Waals surface area contributed by atoms with Crippen molar-refractivity contribution in [3.05, 3.63) is 35.9 Å². The lowest BCUT2D eigenvalue weighted by molar-refractivity contribution is 0.168. The number of hydrogen-bond acceptors (Lipinski definition) is 3. The number of hydrogen-bond donors (Lipinski definition) is 2. The lowest BCUT2D eigenvalue weighted by atomic mass is 10.1. The van der Waals surface area contributed by atoms with Crippen LogP contribution in [0.1, 0.15) is 18.1 Å². The van der Waals surface area contributed by atoms with Crippen molar-refractivity contribution in [2.24, 2.45) is 0 Å². The van der Waals surface area contributed by atoms with Crippen LogP contribution in [0.15, 0.2) is 30.3 Å². The quantitative estimate of drug-likeness (QED) is 0.666. The molecule has 0 aliphatic rings. The first-order chi connectivity index (χ1) is 7.34. The number of aliphatic hydroxyl groups is 1. The summed E-state index contributed by atoms with van der Waals surface area (Å²) in [5, 5.41) is 13.0. The summed E-state index contributed by atoms with van der Waals surface area (Å²) >= 11 is 0. The Kier molecular flexibility index (Phi) is 6.00. The maximum Gasteiger partial charge on any atom is 0.0914 e. The van der Waals surface area contributed by atoms with Gasteiger partial charge in [-0.3, -0.25) is 0 Å². The van der Waals surface area contributed by atoms with Crippen molar-refractivity contribution in [1.29, 1.82) is 0 Å². The molecular formula is C12H19NO2. The third kappa shape index (κ3) is 4.93. The van der Waals surface area contributed by atoms with E-state index in [0.717, 1.165) is 25.1 Å². The van der Waals surface area contributed by atoms with Crippen molar-refractivity contribution < 1.29 is 9.84 Å². The van der Waals surface area contributed by atoms with Gasteiger partial charge in [0.05, 0.1) is 6.10 Å². The first kappa shape index (κ1) is 12.2. The van der Waals surface area contributed by atoms with Gasteiger partial charge in [0.2, 0.25) is 0 Å². The van der Waals surface area contributed by atoms with Crippen LogP contribution >= 0.6 is 0 Å². The topological polar surface area (TPSA) is 41.5 Å². The van der Waals surface area contributed by atoms with E-state index in [4.69, 9.17) is 4.74 Å². The summed E-state index contributed by atoms with van der Waals surface area (Å²) in [7, 11) is 1.69. The minimum absolute atomic E-state index is 0.422. The average Bonchev–Trinajstić information content (AvgIpc) is 2.30. The van der Waals surface area contributed by atoms with Crippen LogP contribution in [-0.2, 0) is 4.74 Å². The number of ether oxygens (including phenoxy) is 1. The Balaban J connectivity index is 2.16. The fourth-order valence-electron chi connectivity index (χ4n) is 1.37. The van der Waals surface area contributed by atoms with Crippen molar-refractivity contribution >= 4 is 0 Å². The third-order valence-electron chi connectivity index (χ3n) is 2.22. The fraction of sp³-hybridized carbons (Fsp3) is 0.500. The second-order valence-electron chi connectivity index (χ2n) is 3.48. The molecule has 0 radical (unpaired) electrons. The monoisotopic (exact) mass is 209 g/mol. The molecule has 1 aromatic rings. The van der Waals surface area contributed by atoms with Crippen molar-refractivity contribution in [3.63, 3.8) is 0 Å². The number of nitrogens with one attached hydrogen (secondary N) is 1. The molecule has 0 spiro atoms. The Morgan fingerprint density at radius 2 is 2.07 bits per heavy atom. The molecule has 0 heterocycles. The number of methoxy groups -OCH3 is 1.